The molecule has 0 fully saturated rings. The summed E-state index contributed by atoms with van der Waals surface area (Å²) in [6.07, 6.45) is 1.38. The van der Waals surface area contributed by atoms with Crippen LogP contribution in [0.25, 0.3) is 0 Å². The van der Waals surface area contributed by atoms with Gasteiger partial charge >= 0.3 is 0 Å². The minimum absolute atomic E-state index is 0.322. The number of ether oxygens (including phenoxy) is 2. The van der Waals surface area contributed by atoms with E-state index < -0.39 is 0 Å². The topological polar surface area (TPSA) is 82.3 Å². The van der Waals surface area contributed by atoms with E-state index in [1.165, 1.54) is 13.4 Å². The molecule has 0 amide bonds. The van der Waals surface area contributed by atoms with E-state index in [0.29, 0.717) is 30.5 Å². The summed E-state index contributed by atoms with van der Waals surface area (Å²) in [6.45, 7) is 1.23. The fraction of sp³-hybridized carbons (Fsp3) is 0.500. The maximum atomic E-state index is 5.59. The molecule has 0 aliphatic carbocycles. The molecular weight excluding hydrogens is 184 g/mol. The van der Waals surface area contributed by atoms with Gasteiger partial charge < -0.3 is 20.5 Å². The van der Waals surface area contributed by atoms with Crippen LogP contribution in [-0.4, -0.2) is 37.3 Å². The van der Waals surface area contributed by atoms with Gasteiger partial charge in [-0.1, -0.05) is 0 Å². The summed E-state index contributed by atoms with van der Waals surface area (Å²) in [4.78, 5) is 7.81. The van der Waals surface area contributed by atoms with Crippen molar-refractivity contribution in [2.24, 2.45) is 0 Å². The summed E-state index contributed by atoms with van der Waals surface area (Å²) in [6, 6.07) is 0. The lowest BCUT2D eigenvalue weighted by Crippen LogP contribution is -2.11. The molecule has 1 aromatic heterocycles. The number of aromatic nitrogens is 2. The Morgan fingerprint density at radius 2 is 2.21 bits per heavy atom. The number of nitrogens with one attached hydrogen (secondary N) is 1. The van der Waals surface area contributed by atoms with Crippen LogP contribution >= 0.6 is 0 Å². The Labute approximate surface area is 82.4 Å². The Bertz CT molecular complexity index is 293. The third-order valence-corrected chi connectivity index (χ3v) is 1.63. The number of hydrogen-bond acceptors (Lipinski definition) is 6. The lowest BCUT2D eigenvalue weighted by atomic mass is 10.4. The SMILES string of the molecule is COCCNc1ncnc(N)c1OC. The fourth-order valence-electron chi connectivity index (χ4n) is 0.986. The monoisotopic (exact) mass is 198 g/mol. The molecule has 0 radical (unpaired) electrons. The van der Waals surface area contributed by atoms with E-state index in [0.717, 1.165) is 0 Å². The summed E-state index contributed by atoms with van der Waals surface area (Å²) in [5.41, 5.74) is 5.59. The molecule has 0 unspecified atom stereocenters. The molecule has 0 bridgehead atoms. The molecule has 6 heteroatoms. The highest BCUT2D eigenvalue weighted by atomic mass is 16.5. The van der Waals surface area contributed by atoms with Gasteiger partial charge in [-0.15, -0.1) is 0 Å². The molecule has 78 valence electrons. The molecule has 0 aliphatic heterocycles. The molecular formula is C8H14N4O2. The van der Waals surface area contributed by atoms with Crippen molar-refractivity contribution in [2.75, 3.05) is 38.4 Å². The van der Waals surface area contributed by atoms with Gasteiger partial charge in [0.1, 0.15) is 6.33 Å². The number of anilines is 2. The minimum atomic E-state index is 0.322. The van der Waals surface area contributed by atoms with Crippen LogP contribution in [0, 0.1) is 0 Å². The van der Waals surface area contributed by atoms with Crippen LogP contribution in [0.1, 0.15) is 0 Å². The van der Waals surface area contributed by atoms with Crippen molar-refractivity contribution < 1.29 is 9.47 Å². The molecule has 1 heterocycles. The maximum Gasteiger partial charge on any atom is 0.203 e. The van der Waals surface area contributed by atoms with Crippen LogP contribution < -0.4 is 15.8 Å². The van der Waals surface area contributed by atoms with Crippen molar-refractivity contribution in [3.63, 3.8) is 0 Å². The Morgan fingerprint density at radius 3 is 2.86 bits per heavy atom. The zero-order chi connectivity index (χ0) is 10.4. The summed E-state index contributed by atoms with van der Waals surface area (Å²) in [5, 5.41) is 3.02. The van der Waals surface area contributed by atoms with Crippen molar-refractivity contribution >= 4 is 11.6 Å². The van der Waals surface area contributed by atoms with E-state index in [1.54, 1.807) is 7.11 Å². The van der Waals surface area contributed by atoms with Gasteiger partial charge in [0.15, 0.2) is 11.6 Å². The third-order valence-electron chi connectivity index (χ3n) is 1.63. The minimum Gasteiger partial charge on any atom is -0.490 e. The first-order valence-corrected chi connectivity index (χ1v) is 4.17. The molecule has 0 spiro atoms. The second kappa shape index (κ2) is 5.23. The van der Waals surface area contributed by atoms with Crippen LogP contribution in [-0.2, 0) is 4.74 Å². The van der Waals surface area contributed by atoms with Crippen LogP contribution in [0.4, 0.5) is 11.6 Å². The van der Waals surface area contributed by atoms with Gasteiger partial charge in [-0.05, 0) is 0 Å². The van der Waals surface area contributed by atoms with Gasteiger partial charge in [-0.25, -0.2) is 9.97 Å². The van der Waals surface area contributed by atoms with E-state index in [4.69, 9.17) is 15.2 Å². The second-order valence-corrected chi connectivity index (χ2v) is 2.56. The van der Waals surface area contributed by atoms with Crippen LogP contribution in [0.5, 0.6) is 5.75 Å². The number of rotatable bonds is 5. The Kier molecular flexibility index (Phi) is 3.93. The van der Waals surface area contributed by atoms with Gasteiger partial charge in [0.05, 0.1) is 13.7 Å². The largest absolute Gasteiger partial charge is 0.490 e. The van der Waals surface area contributed by atoms with Crippen molar-refractivity contribution in [1.29, 1.82) is 0 Å². The zero-order valence-electron chi connectivity index (χ0n) is 8.28. The number of methoxy groups -OCH3 is 2. The molecule has 1 aromatic rings. The van der Waals surface area contributed by atoms with Crippen LogP contribution in [0.15, 0.2) is 6.33 Å². The van der Waals surface area contributed by atoms with E-state index in [1.807, 2.05) is 0 Å². The van der Waals surface area contributed by atoms with Crippen LogP contribution in [0.3, 0.4) is 0 Å². The Hall–Kier alpha value is -1.56. The van der Waals surface area contributed by atoms with E-state index in [9.17, 15) is 0 Å². The first-order chi connectivity index (χ1) is 6.79. The fourth-order valence-corrected chi connectivity index (χ4v) is 0.986. The summed E-state index contributed by atoms with van der Waals surface area (Å²) >= 11 is 0. The molecule has 0 aliphatic rings. The van der Waals surface area contributed by atoms with Gasteiger partial charge in [-0.2, -0.15) is 0 Å². The standard InChI is InChI=1S/C8H14N4O2/c1-13-4-3-10-8-6(14-2)7(9)11-5-12-8/h5H,3-4H2,1-2H3,(H3,9,10,11,12). The van der Waals surface area contributed by atoms with Gasteiger partial charge in [-0.3, -0.25) is 0 Å². The molecule has 1 rings (SSSR count). The normalized spacial score (nSPS) is 9.86. The maximum absolute atomic E-state index is 5.59. The lowest BCUT2D eigenvalue weighted by Gasteiger charge is -2.10. The number of nitrogens with zero attached hydrogens (tertiary/aromatic N) is 2. The van der Waals surface area contributed by atoms with Crippen LogP contribution in [0.2, 0.25) is 0 Å². The molecule has 3 N–H and O–H groups in total. The zero-order valence-corrected chi connectivity index (χ0v) is 8.28. The predicted molar refractivity (Wildman–Crippen MR) is 53.4 cm³/mol. The summed E-state index contributed by atoms with van der Waals surface area (Å²) in [5.74, 6) is 1.36. The molecule has 14 heavy (non-hydrogen) atoms. The second-order valence-electron chi connectivity index (χ2n) is 2.56. The van der Waals surface area contributed by atoms with E-state index in [2.05, 4.69) is 15.3 Å². The first-order valence-electron chi connectivity index (χ1n) is 4.17. The predicted octanol–water partition coefficient (Wildman–Crippen LogP) is 0.126. The average Bonchev–Trinajstić information content (AvgIpc) is 2.18. The Morgan fingerprint density at radius 1 is 1.43 bits per heavy atom. The van der Waals surface area contributed by atoms with E-state index in [-0.39, 0.29) is 0 Å². The molecule has 0 saturated carbocycles. The molecule has 6 nitrogen and oxygen atoms in total. The summed E-state index contributed by atoms with van der Waals surface area (Å²) < 4.78 is 9.94. The first kappa shape index (κ1) is 10.5. The number of nitrogens with two attached hydrogens (primary N) is 1. The Balaban J connectivity index is 2.70. The highest BCUT2D eigenvalue weighted by Crippen LogP contribution is 2.25. The van der Waals surface area contributed by atoms with Crippen molar-refractivity contribution in [1.82, 2.24) is 9.97 Å². The van der Waals surface area contributed by atoms with Crippen molar-refractivity contribution in [3.05, 3.63) is 6.33 Å². The number of nitrogen functional groups attached to an aromatic ring is 1. The third kappa shape index (κ3) is 2.46. The average molecular weight is 198 g/mol. The van der Waals surface area contributed by atoms with Gasteiger partial charge in [0, 0.05) is 13.7 Å². The smallest absolute Gasteiger partial charge is 0.203 e. The highest BCUT2D eigenvalue weighted by Gasteiger charge is 2.07. The summed E-state index contributed by atoms with van der Waals surface area (Å²) in [7, 11) is 3.16. The molecule has 0 atom stereocenters. The van der Waals surface area contributed by atoms with Gasteiger partial charge in [0.25, 0.3) is 0 Å². The molecule has 0 aromatic carbocycles. The van der Waals surface area contributed by atoms with Crippen molar-refractivity contribution in [2.45, 2.75) is 0 Å². The van der Waals surface area contributed by atoms with Crippen molar-refractivity contribution in [3.8, 4) is 5.75 Å². The molecule has 0 saturated heterocycles. The lowest BCUT2D eigenvalue weighted by molar-refractivity contribution is 0.210. The number of hydrogen-bond donors (Lipinski definition) is 2. The van der Waals surface area contributed by atoms with E-state index >= 15 is 0 Å². The van der Waals surface area contributed by atoms with Gasteiger partial charge in [0.2, 0.25) is 5.75 Å². The highest BCUT2D eigenvalue weighted by molar-refractivity contribution is 5.61. The quantitative estimate of drug-likeness (QED) is 0.654.